The Morgan fingerprint density at radius 2 is 2.20 bits per heavy atom. The number of nitrogens with zero attached hydrogens (tertiary/aromatic N) is 4. The summed E-state index contributed by atoms with van der Waals surface area (Å²) in [6, 6.07) is 0. The van der Waals surface area contributed by atoms with Crippen molar-refractivity contribution in [3.8, 4) is 0 Å². The van der Waals surface area contributed by atoms with Crippen molar-refractivity contribution in [1.82, 2.24) is 19.4 Å². The van der Waals surface area contributed by atoms with Gasteiger partial charge in [0, 0.05) is 44.4 Å². The van der Waals surface area contributed by atoms with Gasteiger partial charge >= 0.3 is 0 Å². The summed E-state index contributed by atoms with van der Waals surface area (Å²) in [6.45, 7) is 3.01. The smallest absolute Gasteiger partial charge is 0.291 e. The van der Waals surface area contributed by atoms with Crippen molar-refractivity contribution in [1.29, 1.82) is 0 Å². The van der Waals surface area contributed by atoms with Crippen molar-refractivity contribution in [2.75, 3.05) is 13.1 Å². The molecule has 1 aliphatic carbocycles. The first kappa shape index (κ1) is 16.3. The largest absolute Gasteiger partial charge is 0.435 e. The van der Waals surface area contributed by atoms with Crippen LogP contribution < -0.4 is 0 Å². The zero-order chi connectivity index (χ0) is 17.6. The third-order valence-corrected chi connectivity index (χ3v) is 5.25. The molecule has 2 aliphatic rings. The van der Waals surface area contributed by atoms with E-state index in [1.165, 1.54) is 0 Å². The summed E-state index contributed by atoms with van der Waals surface area (Å²) in [5.41, 5.74) is 0.665. The highest BCUT2D eigenvalue weighted by atomic mass is 16.4. The van der Waals surface area contributed by atoms with Crippen LogP contribution >= 0.6 is 0 Å². The summed E-state index contributed by atoms with van der Waals surface area (Å²) in [5, 5.41) is 10.7. The molecule has 2 atom stereocenters. The molecule has 0 bridgehead atoms. The van der Waals surface area contributed by atoms with Gasteiger partial charge in [0.1, 0.15) is 11.9 Å². The highest BCUT2D eigenvalue weighted by Gasteiger charge is 2.35. The minimum atomic E-state index is -0.673. The van der Waals surface area contributed by atoms with Gasteiger partial charge in [-0.15, -0.1) is 0 Å². The van der Waals surface area contributed by atoms with E-state index in [1.807, 2.05) is 24.7 Å². The molecule has 1 saturated heterocycles. The van der Waals surface area contributed by atoms with E-state index in [2.05, 4.69) is 9.97 Å². The van der Waals surface area contributed by atoms with E-state index in [4.69, 9.17) is 4.42 Å². The Hall–Kier alpha value is -2.15. The molecule has 1 amide bonds. The number of aromatic nitrogens is 3. The van der Waals surface area contributed by atoms with E-state index in [9.17, 15) is 9.90 Å². The normalized spacial score (nSPS) is 22.2. The second-order valence-electron chi connectivity index (χ2n) is 7.24. The van der Waals surface area contributed by atoms with Crippen LogP contribution in [-0.2, 0) is 7.05 Å². The molecule has 7 heteroatoms. The van der Waals surface area contributed by atoms with Crippen LogP contribution in [-0.4, -0.2) is 43.5 Å². The van der Waals surface area contributed by atoms with Crippen LogP contribution in [0.4, 0.5) is 0 Å². The number of amides is 1. The number of aliphatic hydroxyl groups excluding tert-OH is 1. The molecule has 0 spiro atoms. The molecule has 7 nitrogen and oxygen atoms in total. The Morgan fingerprint density at radius 1 is 1.40 bits per heavy atom. The third kappa shape index (κ3) is 3.08. The first-order valence-electron chi connectivity index (χ1n) is 8.96. The van der Waals surface area contributed by atoms with E-state index in [-0.39, 0.29) is 11.8 Å². The van der Waals surface area contributed by atoms with Gasteiger partial charge in [-0.1, -0.05) is 0 Å². The van der Waals surface area contributed by atoms with Gasteiger partial charge in [-0.25, -0.2) is 9.97 Å². The van der Waals surface area contributed by atoms with Crippen molar-refractivity contribution in [3.05, 3.63) is 35.6 Å². The fourth-order valence-electron chi connectivity index (χ4n) is 3.59. The first-order valence-corrected chi connectivity index (χ1v) is 8.96. The molecular formula is C18H24N4O3. The second-order valence-corrected chi connectivity index (χ2v) is 7.24. The summed E-state index contributed by atoms with van der Waals surface area (Å²) in [6.07, 6.45) is 6.75. The van der Waals surface area contributed by atoms with E-state index in [0.717, 1.165) is 25.7 Å². The van der Waals surface area contributed by atoms with Gasteiger partial charge in [-0.2, -0.15) is 0 Å². The number of piperidine rings is 1. The number of rotatable bonds is 4. The quantitative estimate of drug-likeness (QED) is 0.919. The Bertz CT molecular complexity index is 777. The van der Waals surface area contributed by atoms with Crippen LogP contribution in [0.2, 0.25) is 0 Å². The molecule has 0 aromatic carbocycles. The molecule has 0 radical (unpaired) electrons. The second kappa shape index (κ2) is 6.29. The fraction of sp³-hybridized carbons (Fsp3) is 0.611. The molecule has 2 fully saturated rings. The Morgan fingerprint density at radius 3 is 2.88 bits per heavy atom. The molecule has 134 valence electrons. The number of imidazole rings is 1. The summed E-state index contributed by atoms with van der Waals surface area (Å²) >= 11 is 0. The molecule has 0 unspecified atom stereocenters. The van der Waals surface area contributed by atoms with Crippen molar-refractivity contribution < 1.29 is 14.3 Å². The summed E-state index contributed by atoms with van der Waals surface area (Å²) in [5.74, 6) is 1.95. The van der Waals surface area contributed by atoms with Crippen LogP contribution in [0.5, 0.6) is 0 Å². The lowest BCUT2D eigenvalue weighted by molar-refractivity contribution is 0.0339. The minimum Gasteiger partial charge on any atom is -0.435 e. The van der Waals surface area contributed by atoms with Gasteiger partial charge in [0.05, 0.1) is 5.69 Å². The van der Waals surface area contributed by atoms with Crippen molar-refractivity contribution in [3.63, 3.8) is 0 Å². The van der Waals surface area contributed by atoms with Crippen molar-refractivity contribution in [2.45, 2.75) is 44.6 Å². The van der Waals surface area contributed by atoms with Gasteiger partial charge in [-0.05, 0) is 32.6 Å². The minimum absolute atomic E-state index is 0.0232. The van der Waals surface area contributed by atoms with Crippen LogP contribution in [0.25, 0.3) is 0 Å². The highest BCUT2D eigenvalue weighted by molar-refractivity contribution is 5.92. The van der Waals surface area contributed by atoms with Gasteiger partial charge in [0.25, 0.3) is 5.91 Å². The number of carbonyl (C=O) groups excluding carboxylic acids is 1. The molecule has 1 saturated carbocycles. The van der Waals surface area contributed by atoms with Crippen LogP contribution in [0.1, 0.15) is 65.7 Å². The van der Waals surface area contributed by atoms with E-state index in [0.29, 0.717) is 42.2 Å². The van der Waals surface area contributed by atoms with Crippen LogP contribution in [0.3, 0.4) is 0 Å². The fourth-order valence-corrected chi connectivity index (χ4v) is 3.59. The maximum absolute atomic E-state index is 12.9. The maximum Gasteiger partial charge on any atom is 0.291 e. The molecular weight excluding hydrogens is 320 g/mol. The molecule has 1 aliphatic heterocycles. The van der Waals surface area contributed by atoms with Gasteiger partial charge in [0.15, 0.2) is 5.89 Å². The summed E-state index contributed by atoms with van der Waals surface area (Å²) in [7, 11) is 1.87. The topological polar surface area (TPSA) is 84.4 Å². The Balaban J connectivity index is 1.49. The van der Waals surface area contributed by atoms with Crippen LogP contribution in [0.15, 0.2) is 16.8 Å². The number of aliphatic hydroxyl groups is 1. The number of oxazole rings is 1. The first-order chi connectivity index (χ1) is 12.0. The zero-order valence-corrected chi connectivity index (χ0v) is 14.7. The molecule has 2 aromatic heterocycles. The zero-order valence-electron chi connectivity index (χ0n) is 14.7. The number of hydrogen-bond donors (Lipinski definition) is 1. The highest BCUT2D eigenvalue weighted by Crippen LogP contribution is 2.40. The third-order valence-electron chi connectivity index (χ3n) is 5.25. The lowest BCUT2D eigenvalue weighted by Gasteiger charge is -2.34. The summed E-state index contributed by atoms with van der Waals surface area (Å²) < 4.78 is 7.59. The molecule has 2 aromatic rings. The average Bonchev–Trinajstić information content (AvgIpc) is 3.27. The standard InChI is InChI=1S/C18H24N4O3/c1-11-15(25-17(20-11)12-5-6-12)18(24)22-8-3-4-13(10-22)14(23)16-19-7-9-21(16)2/h7,9,12-14,23H,3-6,8,10H2,1-2H3/t13-,14+/m1/s1. The molecule has 4 rings (SSSR count). The van der Waals surface area contributed by atoms with Crippen LogP contribution in [0, 0.1) is 12.8 Å². The predicted octanol–water partition coefficient (Wildman–Crippen LogP) is 2.18. The van der Waals surface area contributed by atoms with Gasteiger partial charge < -0.3 is 19.0 Å². The van der Waals surface area contributed by atoms with E-state index < -0.39 is 6.10 Å². The number of aryl methyl sites for hydroxylation is 2. The van der Waals surface area contributed by atoms with Gasteiger partial charge in [-0.3, -0.25) is 4.79 Å². The Kier molecular flexibility index (Phi) is 4.11. The number of carbonyl (C=O) groups is 1. The Labute approximate surface area is 146 Å². The number of hydrogen-bond acceptors (Lipinski definition) is 5. The van der Waals surface area contributed by atoms with E-state index >= 15 is 0 Å². The molecule has 1 N–H and O–H groups in total. The molecule has 25 heavy (non-hydrogen) atoms. The average molecular weight is 344 g/mol. The summed E-state index contributed by atoms with van der Waals surface area (Å²) in [4.78, 5) is 23.3. The molecule has 3 heterocycles. The predicted molar refractivity (Wildman–Crippen MR) is 90.0 cm³/mol. The van der Waals surface area contributed by atoms with Crippen molar-refractivity contribution >= 4 is 5.91 Å². The maximum atomic E-state index is 12.9. The SMILES string of the molecule is Cc1nc(C2CC2)oc1C(=O)N1CCC[C@@H]([C@H](O)c2nccn2C)C1. The lowest BCUT2D eigenvalue weighted by atomic mass is 9.91. The number of likely N-dealkylation sites (tertiary alicyclic amines) is 1. The van der Waals surface area contributed by atoms with Crippen molar-refractivity contribution in [2.24, 2.45) is 13.0 Å². The lowest BCUT2D eigenvalue weighted by Crippen LogP contribution is -2.42. The van der Waals surface area contributed by atoms with E-state index in [1.54, 1.807) is 11.1 Å². The van der Waals surface area contributed by atoms with Gasteiger partial charge in [0.2, 0.25) is 5.76 Å². The monoisotopic (exact) mass is 344 g/mol.